The summed E-state index contributed by atoms with van der Waals surface area (Å²) in [5, 5.41) is 8.01. The van der Waals surface area contributed by atoms with Gasteiger partial charge in [0.15, 0.2) is 0 Å². The second kappa shape index (κ2) is 6.71. The Morgan fingerprint density at radius 2 is 2.10 bits per heavy atom. The first-order valence-corrected chi connectivity index (χ1v) is 7.90. The molecule has 0 saturated carbocycles. The number of benzene rings is 1. The van der Waals surface area contributed by atoms with Gasteiger partial charge in [0.1, 0.15) is 5.82 Å². The molecule has 0 radical (unpaired) electrons. The van der Waals surface area contributed by atoms with E-state index in [1.54, 1.807) is 0 Å². The van der Waals surface area contributed by atoms with E-state index in [0.29, 0.717) is 4.47 Å². The molecule has 1 N–H and O–H groups in total. The van der Waals surface area contributed by atoms with E-state index >= 15 is 0 Å². The lowest BCUT2D eigenvalue weighted by Gasteiger charge is -2.19. The van der Waals surface area contributed by atoms with E-state index in [2.05, 4.69) is 40.2 Å². The van der Waals surface area contributed by atoms with Crippen LogP contribution in [0.5, 0.6) is 0 Å². The minimum absolute atomic E-state index is 0.182. The summed E-state index contributed by atoms with van der Waals surface area (Å²) in [5.41, 5.74) is 4.54. The fourth-order valence-corrected chi connectivity index (χ4v) is 3.15. The molecule has 0 saturated heterocycles. The zero-order valence-corrected chi connectivity index (χ0v) is 14.5. The quantitative estimate of drug-likeness (QED) is 0.884. The Morgan fingerprint density at radius 3 is 2.62 bits per heavy atom. The summed E-state index contributed by atoms with van der Waals surface area (Å²) in [5.74, 6) is -0.229. The van der Waals surface area contributed by atoms with Gasteiger partial charge in [-0.25, -0.2) is 4.39 Å². The molecule has 0 amide bonds. The van der Waals surface area contributed by atoms with Gasteiger partial charge in [-0.3, -0.25) is 4.68 Å². The lowest BCUT2D eigenvalue weighted by molar-refractivity contribution is 0.542. The molecule has 5 heteroatoms. The fourth-order valence-electron chi connectivity index (χ4n) is 2.72. The molecule has 1 aromatic carbocycles. The molecule has 0 fully saturated rings. The van der Waals surface area contributed by atoms with Crippen LogP contribution < -0.4 is 5.32 Å². The largest absolute Gasteiger partial charge is 0.310 e. The highest BCUT2D eigenvalue weighted by molar-refractivity contribution is 9.10. The molecular weight excluding hydrogens is 333 g/mol. The maximum Gasteiger partial charge on any atom is 0.137 e. The maximum atomic E-state index is 13.4. The zero-order chi connectivity index (χ0) is 15.6. The minimum atomic E-state index is -0.229. The molecule has 1 atom stereocenters. The lowest BCUT2D eigenvalue weighted by Crippen LogP contribution is -2.24. The summed E-state index contributed by atoms with van der Waals surface area (Å²) in [6.07, 6.45) is 0.806. The summed E-state index contributed by atoms with van der Waals surface area (Å²) in [6, 6.07) is 5.37. The van der Waals surface area contributed by atoms with Crippen LogP contribution in [0.1, 0.15) is 35.5 Å². The van der Waals surface area contributed by atoms with Gasteiger partial charge in [-0.15, -0.1) is 0 Å². The standard InChI is InChI=1S/C16H21BrFN3/c1-5-19-15(16-10(2)20-21(4)11(16)3)9-12-6-7-14(18)13(17)8-12/h6-8,15,19H,5,9H2,1-4H3. The van der Waals surface area contributed by atoms with E-state index in [-0.39, 0.29) is 11.9 Å². The molecule has 0 aliphatic heterocycles. The summed E-state index contributed by atoms with van der Waals surface area (Å²) in [6.45, 7) is 7.09. The van der Waals surface area contributed by atoms with E-state index in [0.717, 1.165) is 24.2 Å². The van der Waals surface area contributed by atoms with Crippen LogP contribution in [0.4, 0.5) is 4.39 Å². The van der Waals surface area contributed by atoms with E-state index < -0.39 is 0 Å². The van der Waals surface area contributed by atoms with Crippen molar-refractivity contribution in [2.45, 2.75) is 33.2 Å². The number of rotatable bonds is 5. The van der Waals surface area contributed by atoms with Crippen molar-refractivity contribution in [3.63, 3.8) is 0 Å². The third-order valence-corrected chi connectivity index (χ3v) is 4.40. The second-order valence-corrected chi connectivity index (χ2v) is 6.13. The highest BCUT2D eigenvalue weighted by atomic mass is 79.9. The smallest absolute Gasteiger partial charge is 0.137 e. The number of hydrogen-bond acceptors (Lipinski definition) is 2. The van der Waals surface area contributed by atoms with Crippen molar-refractivity contribution in [3.8, 4) is 0 Å². The molecule has 0 aliphatic rings. The number of nitrogens with zero attached hydrogens (tertiary/aromatic N) is 2. The summed E-state index contributed by atoms with van der Waals surface area (Å²) in [7, 11) is 1.96. The number of halogens is 2. The van der Waals surface area contributed by atoms with Crippen molar-refractivity contribution < 1.29 is 4.39 Å². The third kappa shape index (κ3) is 3.52. The Morgan fingerprint density at radius 1 is 1.38 bits per heavy atom. The highest BCUT2D eigenvalue weighted by Gasteiger charge is 2.20. The Hall–Kier alpha value is -1.20. The topological polar surface area (TPSA) is 29.9 Å². The Bertz CT molecular complexity index is 637. The molecule has 3 nitrogen and oxygen atoms in total. The monoisotopic (exact) mass is 353 g/mol. The predicted octanol–water partition coefficient (Wildman–Crippen LogP) is 3.83. The molecule has 114 valence electrons. The first-order chi connectivity index (χ1) is 9.93. The van der Waals surface area contributed by atoms with Gasteiger partial charge in [0, 0.05) is 24.3 Å². The SMILES string of the molecule is CCNC(Cc1ccc(F)c(Br)c1)c1c(C)nn(C)c1C. The van der Waals surface area contributed by atoms with Gasteiger partial charge in [0.2, 0.25) is 0 Å². The highest BCUT2D eigenvalue weighted by Crippen LogP contribution is 2.26. The van der Waals surface area contributed by atoms with Gasteiger partial charge < -0.3 is 5.32 Å². The van der Waals surface area contributed by atoms with Crippen LogP contribution in [0, 0.1) is 19.7 Å². The van der Waals surface area contributed by atoms with Gasteiger partial charge in [0.05, 0.1) is 10.2 Å². The van der Waals surface area contributed by atoms with Gasteiger partial charge in [-0.1, -0.05) is 13.0 Å². The Kier molecular flexibility index (Phi) is 5.17. The number of hydrogen-bond donors (Lipinski definition) is 1. The van der Waals surface area contributed by atoms with Gasteiger partial charge >= 0.3 is 0 Å². The van der Waals surface area contributed by atoms with E-state index in [1.807, 2.05) is 30.8 Å². The third-order valence-electron chi connectivity index (χ3n) is 3.79. The molecule has 2 aromatic rings. The van der Waals surface area contributed by atoms with Crippen LogP contribution in [0.15, 0.2) is 22.7 Å². The van der Waals surface area contributed by atoms with Crippen molar-refractivity contribution in [2.75, 3.05) is 6.54 Å². The lowest BCUT2D eigenvalue weighted by atomic mass is 9.97. The van der Waals surface area contributed by atoms with E-state index in [4.69, 9.17) is 0 Å². The van der Waals surface area contributed by atoms with Crippen molar-refractivity contribution in [2.24, 2.45) is 7.05 Å². The molecule has 0 aliphatic carbocycles. The first kappa shape index (κ1) is 16.2. The molecule has 1 unspecified atom stereocenters. The van der Waals surface area contributed by atoms with Gasteiger partial charge in [-0.05, 0) is 60.4 Å². The zero-order valence-electron chi connectivity index (χ0n) is 12.9. The number of aryl methyl sites for hydroxylation is 2. The summed E-state index contributed by atoms with van der Waals surface area (Å²) in [4.78, 5) is 0. The minimum Gasteiger partial charge on any atom is -0.310 e. The molecule has 21 heavy (non-hydrogen) atoms. The molecule has 1 aromatic heterocycles. The Labute approximate surface area is 133 Å². The predicted molar refractivity (Wildman–Crippen MR) is 86.9 cm³/mol. The molecule has 0 bridgehead atoms. The summed E-state index contributed by atoms with van der Waals surface area (Å²) < 4.78 is 15.8. The number of aromatic nitrogens is 2. The van der Waals surface area contributed by atoms with Crippen molar-refractivity contribution in [1.29, 1.82) is 0 Å². The van der Waals surface area contributed by atoms with Crippen LogP contribution in [0.2, 0.25) is 0 Å². The van der Waals surface area contributed by atoms with Crippen molar-refractivity contribution in [3.05, 3.63) is 51.0 Å². The number of likely N-dealkylation sites (N-methyl/N-ethyl adjacent to an activating group) is 1. The van der Waals surface area contributed by atoms with Crippen LogP contribution in [-0.4, -0.2) is 16.3 Å². The van der Waals surface area contributed by atoms with Crippen LogP contribution in [-0.2, 0) is 13.5 Å². The Balaban J connectivity index is 2.32. The molecule has 2 rings (SSSR count). The van der Waals surface area contributed by atoms with Gasteiger partial charge in [-0.2, -0.15) is 5.10 Å². The summed E-state index contributed by atoms with van der Waals surface area (Å²) >= 11 is 3.25. The van der Waals surface area contributed by atoms with Crippen LogP contribution >= 0.6 is 15.9 Å². The average molecular weight is 354 g/mol. The maximum absolute atomic E-state index is 13.4. The van der Waals surface area contributed by atoms with Crippen molar-refractivity contribution >= 4 is 15.9 Å². The second-order valence-electron chi connectivity index (χ2n) is 5.27. The molecular formula is C16H21BrFN3. The molecule has 0 spiro atoms. The normalized spacial score (nSPS) is 12.7. The van der Waals surface area contributed by atoms with E-state index in [1.165, 1.54) is 17.3 Å². The van der Waals surface area contributed by atoms with Crippen molar-refractivity contribution in [1.82, 2.24) is 15.1 Å². The van der Waals surface area contributed by atoms with Gasteiger partial charge in [0.25, 0.3) is 0 Å². The number of nitrogens with one attached hydrogen (secondary N) is 1. The average Bonchev–Trinajstić information content (AvgIpc) is 2.67. The van der Waals surface area contributed by atoms with Crippen LogP contribution in [0.3, 0.4) is 0 Å². The fraction of sp³-hybridized carbons (Fsp3) is 0.438. The van der Waals surface area contributed by atoms with Crippen LogP contribution in [0.25, 0.3) is 0 Å². The first-order valence-electron chi connectivity index (χ1n) is 7.11. The molecule has 1 heterocycles. The van der Waals surface area contributed by atoms with E-state index in [9.17, 15) is 4.39 Å².